The van der Waals surface area contributed by atoms with Gasteiger partial charge in [-0.25, -0.2) is 9.97 Å². The van der Waals surface area contributed by atoms with Gasteiger partial charge in [-0.05, 0) is 49.9 Å². The second-order valence-corrected chi connectivity index (χ2v) is 7.60. The lowest BCUT2D eigenvalue weighted by atomic mass is 9.92. The van der Waals surface area contributed by atoms with Crippen LogP contribution in [0, 0.1) is 0 Å². The molecule has 1 aliphatic rings. The van der Waals surface area contributed by atoms with E-state index in [4.69, 9.17) is 21.1 Å². The molecule has 2 aromatic carbocycles. The molecule has 7 heteroatoms. The number of carbonyl (C=O) groups excluding carboxylic acids is 1. The summed E-state index contributed by atoms with van der Waals surface area (Å²) in [4.78, 5) is 21.0. The van der Waals surface area contributed by atoms with Crippen LogP contribution >= 0.6 is 11.6 Å². The largest absolute Gasteiger partial charge is 0.460 e. The van der Waals surface area contributed by atoms with Gasteiger partial charge in [-0.1, -0.05) is 41.9 Å². The number of halogens is 1. The van der Waals surface area contributed by atoms with Crippen molar-refractivity contribution in [3.05, 3.63) is 77.6 Å². The van der Waals surface area contributed by atoms with E-state index in [1.54, 1.807) is 12.1 Å². The van der Waals surface area contributed by atoms with Crippen molar-refractivity contribution in [3.8, 4) is 17.5 Å². The molecule has 0 unspecified atom stereocenters. The molecule has 0 spiro atoms. The molecule has 154 valence electrons. The molecule has 1 fully saturated rings. The Morgan fingerprint density at radius 2 is 1.60 bits per heavy atom. The van der Waals surface area contributed by atoms with E-state index in [0.717, 1.165) is 25.7 Å². The number of amides is 1. The number of nitrogens with one attached hydrogen (secondary N) is 1. The van der Waals surface area contributed by atoms with Crippen LogP contribution < -0.4 is 14.8 Å². The Hall–Kier alpha value is -3.12. The summed E-state index contributed by atoms with van der Waals surface area (Å²) in [5.74, 6) is 1.10. The Kier molecular flexibility index (Phi) is 6.44. The Morgan fingerprint density at radius 1 is 0.933 bits per heavy atom. The standard InChI is InChI=1S/C23H22ClN3O3/c24-16-14-25-23(26-15-16)30-19-12-10-17(11-13-19)27-22(28)20-8-4-5-9-21(20)29-18-6-2-1-3-7-18/h1-9,14-15,17,19H,10-13H2,(H,27,28). The average molecular weight is 424 g/mol. The van der Waals surface area contributed by atoms with Crippen molar-refractivity contribution < 1.29 is 14.3 Å². The molecule has 4 rings (SSSR count). The summed E-state index contributed by atoms with van der Waals surface area (Å²) in [5.41, 5.74) is 0.522. The zero-order valence-corrected chi connectivity index (χ0v) is 17.1. The van der Waals surface area contributed by atoms with E-state index in [1.165, 1.54) is 12.4 Å². The quantitative estimate of drug-likeness (QED) is 0.601. The third-order valence-corrected chi connectivity index (χ3v) is 5.18. The first-order valence-corrected chi connectivity index (χ1v) is 10.3. The second kappa shape index (κ2) is 9.59. The molecule has 0 atom stereocenters. The number of aromatic nitrogens is 2. The average Bonchev–Trinajstić information content (AvgIpc) is 2.78. The van der Waals surface area contributed by atoms with Crippen molar-refractivity contribution in [1.29, 1.82) is 0 Å². The summed E-state index contributed by atoms with van der Waals surface area (Å²) in [7, 11) is 0. The Morgan fingerprint density at radius 3 is 2.33 bits per heavy atom. The number of rotatable bonds is 6. The van der Waals surface area contributed by atoms with Crippen molar-refractivity contribution >= 4 is 17.5 Å². The first-order valence-electron chi connectivity index (χ1n) is 9.94. The van der Waals surface area contributed by atoms with Crippen LogP contribution in [0.15, 0.2) is 67.0 Å². The lowest BCUT2D eigenvalue weighted by molar-refractivity contribution is 0.0883. The lowest BCUT2D eigenvalue weighted by Crippen LogP contribution is -2.39. The Balaban J connectivity index is 1.32. The minimum Gasteiger partial charge on any atom is -0.460 e. The maximum absolute atomic E-state index is 12.9. The molecule has 0 bridgehead atoms. The van der Waals surface area contributed by atoms with Gasteiger partial charge >= 0.3 is 6.01 Å². The number of hydrogen-bond donors (Lipinski definition) is 1. The van der Waals surface area contributed by atoms with Crippen LogP contribution in [-0.2, 0) is 0 Å². The van der Waals surface area contributed by atoms with E-state index in [9.17, 15) is 4.79 Å². The highest BCUT2D eigenvalue weighted by Gasteiger charge is 2.25. The van der Waals surface area contributed by atoms with E-state index in [2.05, 4.69) is 15.3 Å². The molecule has 0 radical (unpaired) electrons. The topological polar surface area (TPSA) is 73.3 Å². The number of carbonyl (C=O) groups is 1. The van der Waals surface area contributed by atoms with E-state index in [1.807, 2.05) is 42.5 Å². The summed E-state index contributed by atoms with van der Waals surface area (Å²) in [6.07, 6.45) is 6.36. The normalized spacial score (nSPS) is 18.4. The first kappa shape index (κ1) is 20.2. The SMILES string of the molecule is O=C(NC1CCC(Oc2ncc(Cl)cn2)CC1)c1ccccc1Oc1ccccc1. The fourth-order valence-electron chi connectivity index (χ4n) is 3.46. The minimum absolute atomic E-state index is 0.0352. The summed E-state index contributed by atoms with van der Waals surface area (Å²) in [5, 5.41) is 3.61. The van der Waals surface area contributed by atoms with Gasteiger partial charge in [0.1, 0.15) is 17.6 Å². The summed E-state index contributed by atoms with van der Waals surface area (Å²) >= 11 is 5.80. The molecule has 1 amide bonds. The molecule has 1 N–H and O–H groups in total. The fraction of sp³-hybridized carbons (Fsp3) is 0.261. The Labute approximate surface area is 180 Å². The first-order chi connectivity index (χ1) is 14.7. The molecule has 3 aromatic rings. The van der Waals surface area contributed by atoms with Crippen molar-refractivity contribution in [2.24, 2.45) is 0 Å². The van der Waals surface area contributed by atoms with Crippen molar-refractivity contribution in [1.82, 2.24) is 15.3 Å². The van der Waals surface area contributed by atoms with Gasteiger partial charge in [-0.2, -0.15) is 0 Å². The molecule has 0 saturated heterocycles. The van der Waals surface area contributed by atoms with Gasteiger partial charge in [0.2, 0.25) is 0 Å². The molecule has 1 aromatic heterocycles. The van der Waals surface area contributed by atoms with Gasteiger partial charge in [-0.15, -0.1) is 0 Å². The number of benzene rings is 2. The molecule has 0 aliphatic heterocycles. The number of hydrogen-bond acceptors (Lipinski definition) is 5. The summed E-state index contributed by atoms with van der Waals surface area (Å²) in [6, 6.07) is 17.1. The highest BCUT2D eigenvalue weighted by molar-refractivity contribution is 6.30. The van der Waals surface area contributed by atoms with Crippen LogP contribution in [0.4, 0.5) is 0 Å². The summed E-state index contributed by atoms with van der Waals surface area (Å²) in [6.45, 7) is 0. The molecule has 1 aliphatic carbocycles. The third kappa shape index (κ3) is 5.27. The highest BCUT2D eigenvalue weighted by atomic mass is 35.5. The van der Waals surface area contributed by atoms with Crippen LogP contribution in [0.25, 0.3) is 0 Å². The molecular formula is C23H22ClN3O3. The van der Waals surface area contributed by atoms with Crippen molar-refractivity contribution in [2.45, 2.75) is 37.8 Å². The molecular weight excluding hydrogens is 402 g/mol. The molecule has 1 heterocycles. The van der Waals surface area contributed by atoms with Crippen molar-refractivity contribution in [3.63, 3.8) is 0 Å². The predicted octanol–water partition coefficient (Wildman–Crippen LogP) is 5.04. The van der Waals surface area contributed by atoms with Gasteiger partial charge in [0.25, 0.3) is 5.91 Å². The lowest BCUT2D eigenvalue weighted by Gasteiger charge is -2.29. The third-order valence-electron chi connectivity index (χ3n) is 4.98. The van der Waals surface area contributed by atoms with Gasteiger partial charge in [0.15, 0.2) is 0 Å². The maximum Gasteiger partial charge on any atom is 0.316 e. The van der Waals surface area contributed by atoms with Crippen LogP contribution in [0.2, 0.25) is 5.02 Å². The molecule has 6 nitrogen and oxygen atoms in total. The zero-order chi connectivity index (χ0) is 20.8. The van der Waals surface area contributed by atoms with Gasteiger partial charge in [0, 0.05) is 6.04 Å². The minimum atomic E-state index is -0.132. The van der Waals surface area contributed by atoms with E-state index in [-0.39, 0.29) is 18.1 Å². The van der Waals surface area contributed by atoms with Crippen LogP contribution in [0.5, 0.6) is 17.5 Å². The highest BCUT2D eigenvalue weighted by Crippen LogP contribution is 2.27. The predicted molar refractivity (Wildman–Crippen MR) is 114 cm³/mol. The van der Waals surface area contributed by atoms with Gasteiger partial charge in [-0.3, -0.25) is 4.79 Å². The van der Waals surface area contributed by atoms with Crippen molar-refractivity contribution in [2.75, 3.05) is 0 Å². The van der Waals surface area contributed by atoms with Crippen LogP contribution in [0.1, 0.15) is 36.0 Å². The van der Waals surface area contributed by atoms with E-state index in [0.29, 0.717) is 28.1 Å². The van der Waals surface area contributed by atoms with Crippen LogP contribution in [0.3, 0.4) is 0 Å². The van der Waals surface area contributed by atoms with Gasteiger partial charge < -0.3 is 14.8 Å². The monoisotopic (exact) mass is 423 g/mol. The second-order valence-electron chi connectivity index (χ2n) is 7.16. The fourth-order valence-corrected chi connectivity index (χ4v) is 3.55. The van der Waals surface area contributed by atoms with E-state index < -0.39 is 0 Å². The zero-order valence-electron chi connectivity index (χ0n) is 16.3. The smallest absolute Gasteiger partial charge is 0.316 e. The number of ether oxygens (including phenoxy) is 2. The maximum atomic E-state index is 12.9. The molecule has 30 heavy (non-hydrogen) atoms. The molecule has 1 saturated carbocycles. The number of para-hydroxylation sites is 2. The van der Waals surface area contributed by atoms with Gasteiger partial charge in [0.05, 0.1) is 23.0 Å². The Bertz CT molecular complexity index is 974. The van der Waals surface area contributed by atoms with E-state index >= 15 is 0 Å². The van der Waals surface area contributed by atoms with Crippen LogP contribution in [-0.4, -0.2) is 28.0 Å². The summed E-state index contributed by atoms with van der Waals surface area (Å²) < 4.78 is 11.7. The number of nitrogens with zero attached hydrogens (tertiary/aromatic N) is 2.